The molecule has 0 bridgehead atoms. The van der Waals surface area contributed by atoms with E-state index >= 15 is 0 Å². The first-order valence-electron chi connectivity index (χ1n) is 9.66. The Labute approximate surface area is 187 Å². The third kappa shape index (κ3) is 5.56. The van der Waals surface area contributed by atoms with E-state index in [1.54, 1.807) is 19.2 Å². The highest BCUT2D eigenvalue weighted by molar-refractivity contribution is 7.92. The number of carbonyl (C=O) groups excluding carboxylic acids is 2. The van der Waals surface area contributed by atoms with Gasteiger partial charge in [-0.15, -0.1) is 0 Å². The standard InChI is InChI=1S/C19H23F3N4O6S/c1-5-15(27)24-18(19(20,21)22,17(28)31-6-2)23-13-7-9-14(10-8-13)33(29,30)26-16-11(3)12(4)25-32-16/h7-10,23,26H,5-6H2,1-4H3,(H,24,27)/t18-/m0/s1. The number of nitrogens with zero attached hydrogens (tertiary/aromatic N) is 1. The van der Waals surface area contributed by atoms with Crippen molar-refractivity contribution in [2.75, 3.05) is 16.6 Å². The van der Waals surface area contributed by atoms with Crippen molar-refractivity contribution in [2.45, 2.75) is 50.9 Å². The highest BCUT2D eigenvalue weighted by atomic mass is 32.2. The first-order chi connectivity index (χ1) is 15.3. The van der Waals surface area contributed by atoms with Crippen molar-refractivity contribution in [1.82, 2.24) is 10.5 Å². The van der Waals surface area contributed by atoms with Crippen LogP contribution in [0, 0.1) is 13.8 Å². The molecule has 182 valence electrons. The lowest BCUT2D eigenvalue weighted by Gasteiger charge is -2.35. The molecule has 1 aromatic heterocycles. The van der Waals surface area contributed by atoms with E-state index in [1.165, 1.54) is 13.8 Å². The van der Waals surface area contributed by atoms with Gasteiger partial charge in [-0.1, -0.05) is 12.1 Å². The summed E-state index contributed by atoms with van der Waals surface area (Å²) in [7, 11) is -4.15. The van der Waals surface area contributed by atoms with Crippen LogP contribution >= 0.6 is 0 Å². The van der Waals surface area contributed by atoms with E-state index in [-0.39, 0.29) is 29.5 Å². The summed E-state index contributed by atoms with van der Waals surface area (Å²) in [5.41, 5.74) is -2.94. The van der Waals surface area contributed by atoms with Crippen LogP contribution in [0.25, 0.3) is 0 Å². The molecule has 33 heavy (non-hydrogen) atoms. The fraction of sp³-hybridized carbons (Fsp3) is 0.421. The largest absolute Gasteiger partial charge is 0.463 e. The molecule has 0 fully saturated rings. The number of hydrogen-bond donors (Lipinski definition) is 3. The van der Waals surface area contributed by atoms with E-state index in [4.69, 9.17) is 4.52 Å². The molecule has 0 saturated carbocycles. The number of hydrogen-bond acceptors (Lipinski definition) is 8. The molecular weight excluding hydrogens is 469 g/mol. The van der Waals surface area contributed by atoms with Crippen LogP contribution in [-0.4, -0.2) is 43.9 Å². The van der Waals surface area contributed by atoms with Crippen LogP contribution in [0.1, 0.15) is 31.5 Å². The molecule has 2 rings (SSSR count). The summed E-state index contributed by atoms with van der Waals surface area (Å²) in [4.78, 5) is 23.8. The number of esters is 1. The molecule has 0 aliphatic heterocycles. The maximum Gasteiger partial charge on any atom is 0.441 e. The van der Waals surface area contributed by atoms with Gasteiger partial charge in [0, 0.05) is 17.7 Å². The molecule has 2 aromatic rings. The van der Waals surface area contributed by atoms with Crippen molar-refractivity contribution in [3.05, 3.63) is 35.5 Å². The van der Waals surface area contributed by atoms with Gasteiger partial charge in [-0.05, 0) is 45.0 Å². The first-order valence-corrected chi connectivity index (χ1v) is 11.1. The van der Waals surface area contributed by atoms with Crippen LogP contribution in [0.2, 0.25) is 0 Å². The Morgan fingerprint density at radius 1 is 1.12 bits per heavy atom. The van der Waals surface area contributed by atoms with Crippen LogP contribution < -0.4 is 15.4 Å². The second-order valence-corrected chi connectivity index (χ2v) is 8.53. The van der Waals surface area contributed by atoms with Crippen molar-refractivity contribution >= 4 is 33.5 Å². The van der Waals surface area contributed by atoms with Crippen molar-refractivity contribution in [2.24, 2.45) is 0 Å². The van der Waals surface area contributed by atoms with E-state index in [1.807, 2.05) is 5.32 Å². The Morgan fingerprint density at radius 3 is 2.18 bits per heavy atom. The Morgan fingerprint density at radius 2 is 1.73 bits per heavy atom. The third-order valence-electron chi connectivity index (χ3n) is 4.54. The number of benzene rings is 1. The Bertz CT molecular complexity index is 1120. The monoisotopic (exact) mass is 492 g/mol. The van der Waals surface area contributed by atoms with Crippen molar-refractivity contribution in [3.63, 3.8) is 0 Å². The van der Waals surface area contributed by atoms with E-state index in [2.05, 4.69) is 14.6 Å². The SMILES string of the molecule is CCOC(=O)[C@@](NC(=O)CC)(Nc1ccc(S(=O)(=O)Nc2onc(C)c2C)cc1)C(F)(F)F. The van der Waals surface area contributed by atoms with Crippen LogP contribution in [0.5, 0.6) is 0 Å². The molecule has 10 nitrogen and oxygen atoms in total. The fourth-order valence-corrected chi connectivity index (χ4v) is 3.60. The van der Waals surface area contributed by atoms with Gasteiger partial charge in [0.05, 0.1) is 17.2 Å². The normalized spacial score (nSPS) is 13.7. The number of anilines is 2. The lowest BCUT2D eigenvalue weighted by molar-refractivity contribution is -0.207. The van der Waals surface area contributed by atoms with Gasteiger partial charge in [-0.25, -0.2) is 17.9 Å². The maximum absolute atomic E-state index is 14.0. The number of carbonyl (C=O) groups is 2. The zero-order valence-corrected chi connectivity index (χ0v) is 19.0. The lowest BCUT2D eigenvalue weighted by atomic mass is 10.1. The van der Waals surface area contributed by atoms with Gasteiger partial charge in [0.25, 0.3) is 10.0 Å². The minimum Gasteiger partial charge on any atom is -0.463 e. The van der Waals surface area contributed by atoms with E-state index in [9.17, 15) is 31.2 Å². The van der Waals surface area contributed by atoms with Gasteiger partial charge < -0.3 is 19.9 Å². The zero-order valence-electron chi connectivity index (χ0n) is 18.2. The van der Waals surface area contributed by atoms with Gasteiger partial charge in [-0.2, -0.15) is 13.2 Å². The molecule has 0 unspecified atom stereocenters. The van der Waals surface area contributed by atoms with E-state index in [0.717, 1.165) is 24.3 Å². The molecule has 1 aromatic carbocycles. The topological polar surface area (TPSA) is 140 Å². The molecular formula is C19H23F3N4O6S. The number of aromatic nitrogens is 1. The van der Waals surface area contributed by atoms with Gasteiger partial charge >= 0.3 is 17.8 Å². The summed E-state index contributed by atoms with van der Waals surface area (Å²) in [6.45, 7) is 5.46. The number of aryl methyl sites for hydroxylation is 1. The van der Waals surface area contributed by atoms with E-state index in [0.29, 0.717) is 11.3 Å². The first kappa shape index (κ1) is 26.0. The average molecular weight is 492 g/mol. The van der Waals surface area contributed by atoms with Crippen LogP contribution in [-0.2, 0) is 24.3 Å². The summed E-state index contributed by atoms with van der Waals surface area (Å²) in [6.07, 6.45) is -5.62. The fourth-order valence-electron chi connectivity index (χ4n) is 2.55. The minimum absolute atomic E-state index is 0.102. The third-order valence-corrected chi connectivity index (χ3v) is 5.88. The highest BCUT2D eigenvalue weighted by Crippen LogP contribution is 2.34. The molecule has 0 aliphatic carbocycles. The Balaban J connectivity index is 2.39. The van der Waals surface area contributed by atoms with Gasteiger partial charge in [0.15, 0.2) is 0 Å². The van der Waals surface area contributed by atoms with Crippen LogP contribution in [0.4, 0.5) is 24.7 Å². The quantitative estimate of drug-likeness (QED) is 0.359. The van der Waals surface area contributed by atoms with Crippen molar-refractivity contribution in [3.8, 4) is 0 Å². The van der Waals surface area contributed by atoms with Crippen molar-refractivity contribution in [1.29, 1.82) is 0 Å². The van der Waals surface area contributed by atoms with Gasteiger partial charge in [-0.3, -0.25) is 4.79 Å². The summed E-state index contributed by atoms with van der Waals surface area (Å²) in [5.74, 6) is -2.93. The number of alkyl halides is 3. The van der Waals surface area contributed by atoms with Crippen molar-refractivity contribution < 1.29 is 40.4 Å². The summed E-state index contributed by atoms with van der Waals surface area (Å²) >= 11 is 0. The second kappa shape index (κ2) is 9.68. The molecule has 1 heterocycles. The van der Waals surface area contributed by atoms with Gasteiger partial charge in [0.2, 0.25) is 11.8 Å². The number of ether oxygens (including phenoxy) is 1. The Kier molecular flexibility index (Phi) is 7.62. The average Bonchev–Trinajstić information content (AvgIpc) is 3.04. The molecule has 14 heteroatoms. The lowest BCUT2D eigenvalue weighted by Crippen LogP contribution is -2.69. The predicted octanol–water partition coefficient (Wildman–Crippen LogP) is 2.85. The number of nitrogens with one attached hydrogen (secondary N) is 3. The van der Waals surface area contributed by atoms with Gasteiger partial charge in [0.1, 0.15) is 0 Å². The molecule has 0 spiro atoms. The molecule has 1 atom stereocenters. The number of halogens is 3. The summed E-state index contributed by atoms with van der Waals surface area (Å²) < 4.78 is 78.7. The Hall–Kier alpha value is -3.29. The van der Waals surface area contributed by atoms with Crippen LogP contribution in [0.15, 0.2) is 33.7 Å². The maximum atomic E-state index is 14.0. The second-order valence-electron chi connectivity index (χ2n) is 6.85. The summed E-state index contributed by atoms with van der Waals surface area (Å²) in [6, 6.07) is 4.03. The number of rotatable bonds is 9. The zero-order chi connectivity index (χ0) is 25.0. The predicted molar refractivity (Wildman–Crippen MR) is 111 cm³/mol. The minimum atomic E-state index is -5.29. The van der Waals surface area contributed by atoms with Crippen LogP contribution in [0.3, 0.4) is 0 Å². The number of amides is 1. The molecule has 1 amide bonds. The van der Waals surface area contributed by atoms with E-state index < -0.39 is 33.7 Å². The number of sulfonamides is 1. The molecule has 0 radical (unpaired) electrons. The molecule has 0 saturated heterocycles. The molecule has 3 N–H and O–H groups in total. The molecule has 0 aliphatic rings. The smallest absolute Gasteiger partial charge is 0.441 e. The highest BCUT2D eigenvalue weighted by Gasteiger charge is 2.63. The summed E-state index contributed by atoms with van der Waals surface area (Å²) in [5, 5.41) is 7.22.